The number of benzene rings is 2. The molecule has 126 valence electrons. The molecule has 0 aliphatic carbocycles. The van der Waals surface area contributed by atoms with E-state index in [4.69, 9.17) is 9.47 Å². The molecular formula is C19H17N3O3. The summed E-state index contributed by atoms with van der Waals surface area (Å²) >= 11 is 0. The van der Waals surface area contributed by atoms with E-state index in [1.54, 1.807) is 12.3 Å². The van der Waals surface area contributed by atoms with Crippen molar-refractivity contribution in [3.8, 4) is 22.8 Å². The van der Waals surface area contributed by atoms with Gasteiger partial charge in [0.05, 0.1) is 5.69 Å². The molecule has 0 spiro atoms. The quantitative estimate of drug-likeness (QED) is 0.770. The van der Waals surface area contributed by atoms with E-state index in [-0.39, 0.29) is 12.0 Å². The summed E-state index contributed by atoms with van der Waals surface area (Å²) in [6.45, 7) is 1.82. The molecule has 1 aromatic heterocycles. The molecule has 1 aliphatic heterocycles. The van der Waals surface area contributed by atoms with Crippen LogP contribution < -0.4 is 14.8 Å². The Morgan fingerprint density at radius 3 is 2.44 bits per heavy atom. The van der Waals surface area contributed by atoms with Crippen molar-refractivity contribution in [3.05, 3.63) is 60.8 Å². The van der Waals surface area contributed by atoms with Gasteiger partial charge in [0.1, 0.15) is 6.10 Å². The predicted octanol–water partition coefficient (Wildman–Crippen LogP) is 3.24. The number of hydrogen-bond donors (Lipinski definition) is 2. The summed E-state index contributed by atoms with van der Waals surface area (Å²) < 4.78 is 11.6. The Hall–Kier alpha value is -3.28. The average Bonchev–Trinajstić information content (AvgIpc) is 3.16. The maximum atomic E-state index is 12.6. The van der Waals surface area contributed by atoms with Crippen molar-refractivity contribution >= 4 is 11.6 Å². The van der Waals surface area contributed by atoms with Gasteiger partial charge in [0, 0.05) is 11.9 Å². The molecule has 6 nitrogen and oxygen atoms in total. The van der Waals surface area contributed by atoms with E-state index in [1.165, 1.54) is 0 Å². The van der Waals surface area contributed by atoms with E-state index in [0.29, 0.717) is 17.2 Å². The Labute approximate surface area is 144 Å². The van der Waals surface area contributed by atoms with Gasteiger partial charge in [-0.3, -0.25) is 9.89 Å². The van der Waals surface area contributed by atoms with Crippen LogP contribution in [0.25, 0.3) is 11.3 Å². The number of aromatic amines is 1. The van der Waals surface area contributed by atoms with Crippen LogP contribution in [0.1, 0.15) is 6.92 Å². The third-order valence-electron chi connectivity index (χ3n) is 4.06. The number of carbonyl (C=O) groups is 1. The van der Waals surface area contributed by atoms with Crippen LogP contribution in [-0.2, 0) is 4.79 Å². The Kier molecular flexibility index (Phi) is 3.85. The molecule has 4 rings (SSSR count). The molecule has 6 heteroatoms. The fourth-order valence-corrected chi connectivity index (χ4v) is 2.77. The van der Waals surface area contributed by atoms with E-state index >= 15 is 0 Å². The molecule has 0 radical (unpaired) electrons. The van der Waals surface area contributed by atoms with Crippen LogP contribution in [0.5, 0.6) is 11.5 Å². The molecule has 2 aromatic carbocycles. The minimum absolute atomic E-state index is 0.240. The van der Waals surface area contributed by atoms with Gasteiger partial charge in [-0.2, -0.15) is 5.10 Å². The number of fused-ring (bicyclic) bond motifs is 1. The first kappa shape index (κ1) is 15.3. The van der Waals surface area contributed by atoms with Crippen LogP contribution in [0.15, 0.2) is 60.8 Å². The van der Waals surface area contributed by atoms with Gasteiger partial charge in [-0.15, -0.1) is 0 Å². The van der Waals surface area contributed by atoms with Crippen molar-refractivity contribution in [3.63, 3.8) is 0 Å². The van der Waals surface area contributed by atoms with Gasteiger partial charge < -0.3 is 14.8 Å². The van der Waals surface area contributed by atoms with Gasteiger partial charge in [-0.1, -0.05) is 24.3 Å². The van der Waals surface area contributed by atoms with Gasteiger partial charge in [0.2, 0.25) is 6.10 Å². The van der Waals surface area contributed by atoms with E-state index in [1.807, 2.05) is 55.5 Å². The number of amides is 1. The molecule has 1 amide bonds. The Morgan fingerprint density at radius 1 is 1.04 bits per heavy atom. The third kappa shape index (κ3) is 3.06. The van der Waals surface area contributed by atoms with Crippen molar-refractivity contribution in [1.82, 2.24) is 10.2 Å². The summed E-state index contributed by atoms with van der Waals surface area (Å²) in [7, 11) is 0. The number of rotatable bonds is 3. The summed E-state index contributed by atoms with van der Waals surface area (Å²) in [5.74, 6) is 0.995. The monoisotopic (exact) mass is 335 g/mol. The molecule has 2 heterocycles. The zero-order chi connectivity index (χ0) is 17.2. The largest absolute Gasteiger partial charge is 0.482 e. The van der Waals surface area contributed by atoms with Crippen molar-refractivity contribution in [2.24, 2.45) is 0 Å². The minimum Gasteiger partial charge on any atom is -0.482 e. The lowest BCUT2D eigenvalue weighted by atomic mass is 10.1. The second kappa shape index (κ2) is 6.32. The number of nitrogens with zero attached hydrogens (tertiary/aromatic N) is 1. The highest BCUT2D eigenvalue weighted by Crippen LogP contribution is 2.33. The summed E-state index contributed by atoms with van der Waals surface area (Å²) in [6.07, 6.45) is 0.617. The maximum Gasteiger partial charge on any atom is 0.269 e. The molecular weight excluding hydrogens is 318 g/mol. The fraction of sp³-hybridized carbons (Fsp3) is 0.158. The molecule has 1 aliphatic rings. The summed E-state index contributed by atoms with van der Waals surface area (Å²) in [6, 6.07) is 16.7. The zero-order valence-corrected chi connectivity index (χ0v) is 13.6. The smallest absolute Gasteiger partial charge is 0.269 e. The van der Waals surface area contributed by atoms with Crippen LogP contribution in [0, 0.1) is 0 Å². The average molecular weight is 335 g/mol. The lowest BCUT2D eigenvalue weighted by Crippen LogP contribution is -2.46. The lowest BCUT2D eigenvalue weighted by Gasteiger charge is -2.31. The third-order valence-corrected chi connectivity index (χ3v) is 4.06. The van der Waals surface area contributed by atoms with Crippen LogP contribution >= 0.6 is 0 Å². The number of ether oxygens (including phenoxy) is 2. The topological polar surface area (TPSA) is 76.2 Å². The Bertz CT molecular complexity index is 875. The Balaban J connectivity index is 1.47. The second-order valence-corrected chi connectivity index (χ2v) is 5.85. The van der Waals surface area contributed by atoms with Crippen LogP contribution in [0.3, 0.4) is 0 Å². The molecule has 0 saturated heterocycles. The first-order valence-electron chi connectivity index (χ1n) is 8.04. The molecule has 3 aromatic rings. The number of aromatic nitrogens is 2. The van der Waals surface area contributed by atoms with Gasteiger partial charge in [-0.05, 0) is 42.8 Å². The van der Waals surface area contributed by atoms with Gasteiger partial charge in [0.15, 0.2) is 11.5 Å². The number of hydrogen-bond acceptors (Lipinski definition) is 4. The van der Waals surface area contributed by atoms with Crippen molar-refractivity contribution < 1.29 is 14.3 Å². The van der Waals surface area contributed by atoms with Gasteiger partial charge in [0.25, 0.3) is 5.91 Å². The number of anilines is 1. The summed E-state index contributed by atoms with van der Waals surface area (Å²) in [5.41, 5.74) is 2.62. The highest BCUT2D eigenvalue weighted by molar-refractivity contribution is 5.95. The minimum atomic E-state index is -0.706. The van der Waals surface area contributed by atoms with E-state index in [0.717, 1.165) is 11.3 Å². The molecule has 25 heavy (non-hydrogen) atoms. The zero-order valence-electron chi connectivity index (χ0n) is 13.6. The van der Waals surface area contributed by atoms with Crippen molar-refractivity contribution in [2.75, 3.05) is 5.32 Å². The number of para-hydroxylation sites is 2. The normalized spacial score (nSPS) is 18.6. The van der Waals surface area contributed by atoms with Crippen LogP contribution in [0.2, 0.25) is 0 Å². The maximum absolute atomic E-state index is 12.6. The summed E-state index contributed by atoms with van der Waals surface area (Å²) in [5, 5.41) is 9.71. The lowest BCUT2D eigenvalue weighted by molar-refractivity contribution is -0.128. The van der Waals surface area contributed by atoms with Gasteiger partial charge in [-0.25, -0.2) is 0 Å². The van der Waals surface area contributed by atoms with E-state index in [9.17, 15) is 4.79 Å². The molecule has 2 N–H and O–H groups in total. The number of carbonyl (C=O) groups excluding carboxylic acids is 1. The van der Waals surface area contributed by atoms with E-state index < -0.39 is 6.10 Å². The molecule has 0 bridgehead atoms. The standard InChI is InChI=1S/C19H17N3O3/c1-12-18(25-17-5-3-2-4-16(17)24-12)19(23)21-14-8-6-13(7-9-14)15-10-11-20-22-15/h2-12,18H,1H3,(H,20,22)(H,21,23)/t12-,18-/m1/s1. The summed E-state index contributed by atoms with van der Waals surface area (Å²) in [4.78, 5) is 12.6. The molecule has 0 unspecified atom stereocenters. The number of H-pyrrole nitrogens is 1. The fourth-order valence-electron chi connectivity index (χ4n) is 2.77. The second-order valence-electron chi connectivity index (χ2n) is 5.85. The highest BCUT2D eigenvalue weighted by atomic mass is 16.6. The Morgan fingerprint density at radius 2 is 1.76 bits per heavy atom. The number of nitrogens with one attached hydrogen (secondary N) is 2. The molecule has 2 atom stereocenters. The predicted molar refractivity (Wildman–Crippen MR) is 93.6 cm³/mol. The van der Waals surface area contributed by atoms with E-state index in [2.05, 4.69) is 15.5 Å². The van der Waals surface area contributed by atoms with Crippen molar-refractivity contribution in [2.45, 2.75) is 19.1 Å². The SMILES string of the molecule is C[C@H]1Oc2ccccc2O[C@H]1C(=O)Nc1ccc(-c2ccn[nH]2)cc1. The van der Waals surface area contributed by atoms with Crippen LogP contribution in [0.4, 0.5) is 5.69 Å². The first-order valence-corrected chi connectivity index (χ1v) is 8.04. The highest BCUT2D eigenvalue weighted by Gasteiger charge is 2.34. The molecule has 0 saturated carbocycles. The van der Waals surface area contributed by atoms with Crippen molar-refractivity contribution in [1.29, 1.82) is 0 Å². The van der Waals surface area contributed by atoms with Gasteiger partial charge >= 0.3 is 0 Å². The first-order chi connectivity index (χ1) is 12.2. The molecule has 0 fully saturated rings. The van der Waals surface area contributed by atoms with Crippen LogP contribution in [-0.4, -0.2) is 28.3 Å².